The molecule has 2 heterocycles. The van der Waals surface area contributed by atoms with E-state index in [9.17, 15) is 14.3 Å². The summed E-state index contributed by atoms with van der Waals surface area (Å²) in [6.45, 7) is 12.6. The maximum absolute atomic E-state index is 15.8. The van der Waals surface area contributed by atoms with Crippen LogP contribution in [0.1, 0.15) is 70.4 Å². The molecule has 6 nitrogen and oxygen atoms in total. The zero-order chi connectivity index (χ0) is 30.8. The Morgan fingerprint density at radius 1 is 1.05 bits per heavy atom. The number of piperidine rings is 1. The van der Waals surface area contributed by atoms with Crippen LogP contribution in [0.3, 0.4) is 0 Å². The third kappa shape index (κ3) is 7.43. The van der Waals surface area contributed by atoms with Gasteiger partial charge in [0, 0.05) is 54.2 Å². The number of aromatic nitrogens is 1. The highest BCUT2D eigenvalue weighted by Crippen LogP contribution is 2.44. The van der Waals surface area contributed by atoms with Crippen LogP contribution >= 0.6 is 0 Å². The van der Waals surface area contributed by atoms with E-state index in [2.05, 4.69) is 18.8 Å². The number of carbonyl (C=O) groups is 1. The van der Waals surface area contributed by atoms with E-state index in [1.54, 1.807) is 39.8 Å². The zero-order valence-electron chi connectivity index (χ0n) is 25.1. The van der Waals surface area contributed by atoms with Crippen molar-refractivity contribution in [2.45, 2.75) is 72.5 Å². The van der Waals surface area contributed by atoms with Gasteiger partial charge in [-0.15, -0.1) is 0 Å². The number of hydrogen-bond acceptors (Lipinski definition) is 5. The fraction of sp³-hybridized carbons (Fsp3) is 0.455. The van der Waals surface area contributed by atoms with E-state index < -0.39 is 29.3 Å². The van der Waals surface area contributed by atoms with E-state index in [0.29, 0.717) is 36.5 Å². The number of rotatable bonds is 9. The summed E-state index contributed by atoms with van der Waals surface area (Å²) in [4.78, 5) is 19.0. The van der Waals surface area contributed by atoms with E-state index in [1.165, 1.54) is 18.3 Å². The number of anilines is 1. The molecule has 1 aliphatic heterocycles. The molecule has 2 aromatic carbocycles. The first-order valence-electron chi connectivity index (χ1n) is 14.2. The summed E-state index contributed by atoms with van der Waals surface area (Å²) in [5.74, 6) is -3.29. The predicted molar refractivity (Wildman–Crippen MR) is 156 cm³/mol. The predicted octanol–water partition coefficient (Wildman–Crippen LogP) is 7.66. The number of pyridine rings is 1. The Morgan fingerprint density at radius 3 is 2.29 bits per heavy atom. The van der Waals surface area contributed by atoms with Crippen LogP contribution in [0.4, 0.5) is 18.9 Å². The van der Waals surface area contributed by atoms with Crippen LogP contribution in [0.15, 0.2) is 42.6 Å². The Hall–Kier alpha value is -3.59. The summed E-state index contributed by atoms with van der Waals surface area (Å²) in [7, 11) is 0. The summed E-state index contributed by atoms with van der Waals surface area (Å²) in [6, 6.07) is 7.94. The average Bonchev–Trinajstić information content (AvgIpc) is 2.90. The number of hydrogen-bond donors (Lipinski definition) is 1. The number of aliphatic carboxylic acids is 1. The van der Waals surface area contributed by atoms with Crippen molar-refractivity contribution in [3.05, 3.63) is 76.9 Å². The van der Waals surface area contributed by atoms with Crippen LogP contribution in [0.5, 0.6) is 5.75 Å². The first-order chi connectivity index (χ1) is 19.6. The number of carboxylic acids is 1. The molecule has 1 saturated heterocycles. The van der Waals surface area contributed by atoms with Gasteiger partial charge in [-0.05, 0) is 69.7 Å². The monoisotopic (exact) mass is 584 g/mol. The van der Waals surface area contributed by atoms with Crippen LogP contribution < -0.4 is 9.64 Å². The lowest BCUT2D eigenvalue weighted by molar-refractivity contribution is -0.160. The summed E-state index contributed by atoms with van der Waals surface area (Å²) in [5, 5.41) is 10.3. The standard InChI is InChI=1S/C33H39F3N2O4/c1-20-28(30(31(39)40)42-32(2,3)4)29(38-14-12-33(5,6)13-15-38)24(19-37-20)23-17-26(36)27(18-25(23)35)41-16-11-21-7-9-22(34)10-8-21/h7-10,17-19,30H,11-16H2,1-6H3,(H,39,40)/t30-/m0/s1. The number of aryl methyl sites for hydroxylation is 1. The molecule has 1 aliphatic rings. The van der Waals surface area contributed by atoms with Crippen molar-refractivity contribution < 1.29 is 32.5 Å². The van der Waals surface area contributed by atoms with Gasteiger partial charge in [-0.1, -0.05) is 26.0 Å². The smallest absolute Gasteiger partial charge is 0.337 e. The van der Waals surface area contributed by atoms with Gasteiger partial charge in [0.15, 0.2) is 17.7 Å². The molecule has 4 rings (SSSR count). The third-order valence-electron chi connectivity index (χ3n) is 7.55. The second-order valence-electron chi connectivity index (χ2n) is 12.6. The molecule has 0 radical (unpaired) electrons. The number of ether oxygens (including phenoxy) is 2. The van der Waals surface area contributed by atoms with Gasteiger partial charge in [0.2, 0.25) is 0 Å². The lowest BCUT2D eigenvalue weighted by Gasteiger charge is -2.41. The normalized spacial score (nSPS) is 15.9. The van der Waals surface area contributed by atoms with E-state index in [0.717, 1.165) is 30.5 Å². The highest BCUT2D eigenvalue weighted by Gasteiger charge is 2.36. The van der Waals surface area contributed by atoms with E-state index in [4.69, 9.17) is 9.47 Å². The van der Waals surface area contributed by atoms with Crippen molar-refractivity contribution in [2.75, 3.05) is 24.6 Å². The topological polar surface area (TPSA) is 71.9 Å². The highest BCUT2D eigenvalue weighted by atomic mass is 19.1. The molecule has 9 heteroatoms. The Labute approximate surface area is 245 Å². The lowest BCUT2D eigenvalue weighted by Crippen LogP contribution is -2.39. The van der Waals surface area contributed by atoms with Crippen molar-refractivity contribution in [1.82, 2.24) is 4.98 Å². The Bertz CT molecular complexity index is 1420. The lowest BCUT2D eigenvalue weighted by atomic mass is 9.82. The first-order valence-corrected chi connectivity index (χ1v) is 14.2. The van der Waals surface area contributed by atoms with E-state index in [-0.39, 0.29) is 34.7 Å². The van der Waals surface area contributed by atoms with Crippen LogP contribution in [-0.4, -0.2) is 41.4 Å². The molecular weight excluding hydrogens is 545 g/mol. The van der Waals surface area contributed by atoms with Crippen LogP contribution in [0.2, 0.25) is 0 Å². The summed E-state index contributed by atoms with van der Waals surface area (Å²) in [5.41, 5.74) is 1.59. The van der Waals surface area contributed by atoms with Crippen molar-refractivity contribution in [3.8, 4) is 16.9 Å². The third-order valence-corrected chi connectivity index (χ3v) is 7.55. The first kappa shape index (κ1) is 31.3. The van der Waals surface area contributed by atoms with Crippen LogP contribution in [-0.2, 0) is 16.0 Å². The Morgan fingerprint density at radius 2 is 1.69 bits per heavy atom. The second kappa shape index (κ2) is 12.3. The molecule has 42 heavy (non-hydrogen) atoms. The van der Waals surface area contributed by atoms with Crippen molar-refractivity contribution in [3.63, 3.8) is 0 Å². The molecule has 1 fully saturated rings. The van der Waals surface area contributed by atoms with Crippen molar-refractivity contribution in [2.24, 2.45) is 5.41 Å². The molecule has 226 valence electrons. The van der Waals surface area contributed by atoms with Crippen molar-refractivity contribution >= 4 is 11.7 Å². The van der Waals surface area contributed by atoms with E-state index in [1.807, 2.05) is 4.90 Å². The number of nitrogens with zero attached hydrogens (tertiary/aromatic N) is 2. The van der Waals surface area contributed by atoms with Gasteiger partial charge in [-0.25, -0.2) is 18.0 Å². The molecule has 3 aromatic rings. The fourth-order valence-electron chi connectivity index (χ4n) is 5.16. The molecular formula is C33H39F3N2O4. The SMILES string of the molecule is Cc1ncc(-c2cc(F)c(OCCc3ccc(F)cc3)cc2F)c(N2CCC(C)(C)CC2)c1[C@H](OC(C)(C)C)C(=O)O. The van der Waals surface area contributed by atoms with Gasteiger partial charge < -0.3 is 19.5 Å². The summed E-state index contributed by atoms with van der Waals surface area (Å²) >= 11 is 0. The van der Waals surface area contributed by atoms with Gasteiger partial charge in [0.25, 0.3) is 0 Å². The Balaban J connectivity index is 1.76. The largest absolute Gasteiger partial charge is 0.490 e. The van der Waals surface area contributed by atoms with E-state index >= 15 is 8.78 Å². The number of carboxylic acid groups (broad SMARTS) is 1. The van der Waals surface area contributed by atoms with Gasteiger partial charge >= 0.3 is 5.97 Å². The van der Waals surface area contributed by atoms with Gasteiger partial charge in [0.1, 0.15) is 11.6 Å². The molecule has 0 saturated carbocycles. The number of benzene rings is 2. The maximum atomic E-state index is 15.8. The molecule has 1 atom stereocenters. The van der Waals surface area contributed by atoms with Gasteiger partial charge in [0.05, 0.1) is 17.9 Å². The molecule has 0 unspecified atom stereocenters. The minimum atomic E-state index is -1.37. The fourth-order valence-corrected chi connectivity index (χ4v) is 5.16. The summed E-state index contributed by atoms with van der Waals surface area (Å²) < 4.78 is 55.9. The second-order valence-corrected chi connectivity index (χ2v) is 12.6. The van der Waals surface area contributed by atoms with Crippen LogP contribution in [0, 0.1) is 29.8 Å². The minimum Gasteiger partial charge on any atom is -0.490 e. The Kier molecular flexibility index (Phi) is 9.21. The van der Waals surface area contributed by atoms with Crippen LogP contribution in [0.25, 0.3) is 11.1 Å². The average molecular weight is 585 g/mol. The van der Waals surface area contributed by atoms with Crippen molar-refractivity contribution in [1.29, 1.82) is 0 Å². The van der Waals surface area contributed by atoms with Gasteiger partial charge in [-0.3, -0.25) is 4.98 Å². The molecule has 1 aromatic heterocycles. The summed E-state index contributed by atoms with van der Waals surface area (Å²) in [6.07, 6.45) is 2.15. The molecule has 1 N–H and O–H groups in total. The molecule has 0 bridgehead atoms. The number of halogens is 3. The maximum Gasteiger partial charge on any atom is 0.337 e. The van der Waals surface area contributed by atoms with Gasteiger partial charge in [-0.2, -0.15) is 0 Å². The highest BCUT2D eigenvalue weighted by molar-refractivity contribution is 5.86. The molecule has 0 spiro atoms. The zero-order valence-corrected chi connectivity index (χ0v) is 25.1. The molecule has 0 aliphatic carbocycles. The quantitative estimate of drug-likeness (QED) is 0.278. The minimum absolute atomic E-state index is 0.0492. The molecule has 0 amide bonds.